The Bertz CT molecular complexity index is 1180. The molecule has 2 N–H and O–H groups in total. The van der Waals surface area contributed by atoms with Crippen LogP contribution >= 0.6 is 0 Å². The highest BCUT2D eigenvalue weighted by molar-refractivity contribution is 5.75. The number of hydrogen-bond donors (Lipinski definition) is 2. The molecular formula is C30H42N2O4. The fourth-order valence-corrected chi connectivity index (χ4v) is 9.79. The molecule has 0 bridgehead atoms. The maximum atomic E-state index is 12.4. The van der Waals surface area contributed by atoms with Crippen molar-refractivity contribution in [2.24, 2.45) is 46.3 Å². The third-order valence-corrected chi connectivity index (χ3v) is 11.8. The molecule has 0 aliphatic heterocycles. The van der Waals surface area contributed by atoms with Gasteiger partial charge in [-0.3, -0.25) is 4.98 Å². The summed E-state index contributed by atoms with van der Waals surface area (Å²) in [5.41, 5.74) is 0.463. The fourth-order valence-electron chi connectivity index (χ4n) is 9.79. The molecule has 4 aliphatic rings. The number of pyridine rings is 1. The van der Waals surface area contributed by atoms with Crippen LogP contribution in [0.4, 0.5) is 0 Å². The van der Waals surface area contributed by atoms with Crippen molar-refractivity contribution in [2.45, 2.75) is 97.2 Å². The van der Waals surface area contributed by atoms with Crippen molar-refractivity contribution >= 4 is 10.9 Å². The predicted octanol–water partition coefficient (Wildman–Crippen LogP) is 5.14. The summed E-state index contributed by atoms with van der Waals surface area (Å²) in [5.74, 6) is 3.82. The Balaban J connectivity index is 1.19. The first-order chi connectivity index (χ1) is 17.2. The summed E-state index contributed by atoms with van der Waals surface area (Å²) in [6.07, 6.45) is 13.1. The highest BCUT2D eigenvalue weighted by Crippen LogP contribution is 2.68. The van der Waals surface area contributed by atoms with E-state index in [0.717, 1.165) is 32.1 Å². The standard InChI is InChI=1S/C30H42N2O4/c1-17(4-9-27-32-25-16-31-13-11-21(25)28(35)36-27)22-7-8-23-20-6-5-18-14-19(33)10-12-29(18,2)24(20)15-26(34)30(22,23)3/h11,13,16-20,22-24,26,33-34H,4-10,12,14-15H2,1-3H3/t17-,18-,19-,20+,22-,23+,24?,26+,29+,30-/m1/s1. The number of aliphatic hydroxyl groups is 2. The Morgan fingerprint density at radius 1 is 1.11 bits per heavy atom. The SMILES string of the molecule is C[C@H](CCc1nc2cnccc2c(=O)o1)[C@H]1CC[C@H]2[C@@H]3CC[C@@H]4C[C@H](O)CC[C@]4(C)C3C[C@H](O)[C@]12C. The second kappa shape index (κ2) is 8.90. The number of aliphatic hydroxyl groups excluding tert-OH is 2. The van der Waals surface area contributed by atoms with Crippen LogP contribution in [-0.4, -0.2) is 32.4 Å². The molecule has 0 saturated heterocycles. The predicted molar refractivity (Wildman–Crippen MR) is 138 cm³/mol. The lowest BCUT2D eigenvalue weighted by Crippen LogP contribution is -2.58. The van der Waals surface area contributed by atoms with Gasteiger partial charge in [-0.15, -0.1) is 0 Å². The maximum Gasteiger partial charge on any atom is 0.346 e. The van der Waals surface area contributed by atoms with Crippen molar-refractivity contribution in [1.29, 1.82) is 0 Å². The Hall–Kier alpha value is -1.79. The molecule has 0 spiro atoms. The smallest absolute Gasteiger partial charge is 0.346 e. The molecule has 2 aromatic heterocycles. The Morgan fingerprint density at radius 2 is 1.94 bits per heavy atom. The van der Waals surface area contributed by atoms with Crippen LogP contribution in [-0.2, 0) is 6.42 Å². The number of nitrogens with zero attached hydrogens (tertiary/aromatic N) is 2. The first kappa shape index (κ1) is 24.5. The molecule has 10 atom stereocenters. The van der Waals surface area contributed by atoms with E-state index in [1.165, 1.54) is 25.7 Å². The third-order valence-electron chi connectivity index (χ3n) is 11.8. The average molecular weight is 495 g/mol. The van der Waals surface area contributed by atoms with Crippen molar-refractivity contribution in [3.63, 3.8) is 0 Å². The van der Waals surface area contributed by atoms with Crippen LogP contribution < -0.4 is 5.63 Å². The highest BCUT2D eigenvalue weighted by Gasteiger charge is 2.63. The lowest BCUT2D eigenvalue weighted by molar-refractivity contribution is -0.174. The number of aromatic nitrogens is 2. The first-order valence-electron chi connectivity index (χ1n) is 14.3. The van der Waals surface area contributed by atoms with Crippen LogP contribution in [0.5, 0.6) is 0 Å². The summed E-state index contributed by atoms with van der Waals surface area (Å²) in [5, 5.41) is 22.6. The summed E-state index contributed by atoms with van der Waals surface area (Å²) in [6, 6.07) is 1.65. The quantitative estimate of drug-likeness (QED) is 0.611. The van der Waals surface area contributed by atoms with Gasteiger partial charge in [-0.2, -0.15) is 0 Å². The molecule has 0 radical (unpaired) electrons. The molecule has 196 valence electrons. The number of hydrogen-bond acceptors (Lipinski definition) is 6. The highest BCUT2D eigenvalue weighted by atomic mass is 16.4. The summed E-state index contributed by atoms with van der Waals surface area (Å²) in [6.45, 7) is 7.18. The van der Waals surface area contributed by atoms with E-state index in [2.05, 4.69) is 30.7 Å². The van der Waals surface area contributed by atoms with Crippen LogP contribution in [0, 0.1) is 46.3 Å². The van der Waals surface area contributed by atoms with Gasteiger partial charge >= 0.3 is 5.63 Å². The third kappa shape index (κ3) is 3.69. The maximum absolute atomic E-state index is 12.4. The zero-order chi connectivity index (χ0) is 25.2. The molecule has 2 aromatic rings. The molecule has 6 heteroatoms. The molecule has 0 amide bonds. The van der Waals surface area contributed by atoms with Crippen molar-refractivity contribution < 1.29 is 14.6 Å². The number of fused-ring (bicyclic) bond motifs is 6. The van der Waals surface area contributed by atoms with Gasteiger partial charge in [-0.1, -0.05) is 20.8 Å². The van der Waals surface area contributed by atoms with Crippen LogP contribution in [0.15, 0.2) is 27.7 Å². The van der Waals surface area contributed by atoms with Gasteiger partial charge < -0.3 is 14.6 Å². The first-order valence-corrected chi connectivity index (χ1v) is 14.3. The summed E-state index contributed by atoms with van der Waals surface area (Å²) in [4.78, 5) is 21.0. The second-order valence-electron chi connectivity index (χ2n) is 13.2. The van der Waals surface area contributed by atoms with E-state index in [1.807, 2.05) is 0 Å². The van der Waals surface area contributed by atoms with Gasteiger partial charge in [-0.25, -0.2) is 9.78 Å². The molecule has 6 rings (SSSR count). The van der Waals surface area contributed by atoms with Crippen molar-refractivity contribution in [3.05, 3.63) is 34.8 Å². The van der Waals surface area contributed by atoms with Crippen LogP contribution in [0.25, 0.3) is 10.9 Å². The molecule has 4 aliphatic carbocycles. The van der Waals surface area contributed by atoms with Gasteiger partial charge in [0.25, 0.3) is 0 Å². The van der Waals surface area contributed by atoms with E-state index in [-0.39, 0.29) is 28.7 Å². The van der Waals surface area contributed by atoms with Gasteiger partial charge in [0.05, 0.1) is 29.3 Å². The monoisotopic (exact) mass is 494 g/mol. The van der Waals surface area contributed by atoms with Crippen LogP contribution in [0.2, 0.25) is 0 Å². The Morgan fingerprint density at radius 3 is 2.78 bits per heavy atom. The van der Waals surface area contributed by atoms with Crippen LogP contribution in [0.1, 0.15) is 84.4 Å². The molecule has 36 heavy (non-hydrogen) atoms. The van der Waals surface area contributed by atoms with E-state index in [1.54, 1.807) is 18.5 Å². The van der Waals surface area contributed by atoms with Gasteiger partial charge in [0.1, 0.15) is 0 Å². The van der Waals surface area contributed by atoms with Crippen LogP contribution in [0.3, 0.4) is 0 Å². The van der Waals surface area contributed by atoms with Gasteiger partial charge in [0.15, 0.2) is 5.89 Å². The molecule has 2 heterocycles. The lowest BCUT2D eigenvalue weighted by atomic mass is 9.43. The summed E-state index contributed by atoms with van der Waals surface area (Å²) < 4.78 is 5.53. The van der Waals surface area contributed by atoms with Gasteiger partial charge in [0, 0.05) is 12.6 Å². The van der Waals surface area contributed by atoms with Crippen molar-refractivity contribution in [2.75, 3.05) is 0 Å². The Labute approximate surface area is 213 Å². The van der Waals surface area contributed by atoms with E-state index < -0.39 is 0 Å². The minimum atomic E-state index is -0.342. The normalized spacial score (nSPS) is 43.0. The topological polar surface area (TPSA) is 96.5 Å². The van der Waals surface area contributed by atoms with E-state index in [0.29, 0.717) is 58.7 Å². The second-order valence-corrected chi connectivity index (χ2v) is 13.2. The minimum absolute atomic E-state index is 0.0560. The van der Waals surface area contributed by atoms with Crippen molar-refractivity contribution in [3.8, 4) is 0 Å². The fraction of sp³-hybridized carbons (Fsp3) is 0.767. The van der Waals surface area contributed by atoms with Gasteiger partial charge in [0.2, 0.25) is 0 Å². The van der Waals surface area contributed by atoms with E-state index in [9.17, 15) is 15.0 Å². The number of aryl methyl sites for hydroxylation is 1. The molecule has 4 fully saturated rings. The van der Waals surface area contributed by atoms with E-state index >= 15 is 0 Å². The average Bonchev–Trinajstić information content (AvgIpc) is 3.22. The van der Waals surface area contributed by atoms with E-state index in [4.69, 9.17) is 4.42 Å². The lowest BCUT2D eigenvalue weighted by Gasteiger charge is -2.62. The molecule has 1 unspecified atom stereocenters. The summed E-state index contributed by atoms with van der Waals surface area (Å²) >= 11 is 0. The zero-order valence-corrected chi connectivity index (χ0v) is 22.0. The molecule has 0 aromatic carbocycles. The van der Waals surface area contributed by atoms with Gasteiger partial charge in [-0.05, 0) is 110 Å². The largest absolute Gasteiger partial charge is 0.408 e. The molecule has 4 saturated carbocycles. The Kier molecular flexibility index (Phi) is 6.07. The minimum Gasteiger partial charge on any atom is -0.408 e. The number of rotatable bonds is 4. The van der Waals surface area contributed by atoms with Crippen molar-refractivity contribution in [1.82, 2.24) is 9.97 Å². The molecule has 6 nitrogen and oxygen atoms in total. The zero-order valence-electron chi connectivity index (χ0n) is 22.0. The molecular weight excluding hydrogens is 452 g/mol. The summed E-state index contributed by atoms with van der Waals surface area (Å²) in [7, 11) is 0.